The van der Waals surface area contributed by atoms with Crippen LogP contribution in [0.4, 0.5) is 0 Å². The van der Waals surface area contributed by atoms with Crippen molar-refractivity contribution in [3.63, 3.8) is 0 Å². The molecule has 2 aromatic rings. The number of carbonyl (C=O) groups excluding carboxylic acids is 1. The van der Waals surface area contributed by atoms with Crippen molar-refractivity contribution in [3.05, 3.63) is 47.3 Å². The van der Waals surface area contributed by atoms with Crippen LogP contribution >= 0.6 is 0 Å². The van der Waals surface area contributed by atoms with Gasteiger partial charge in [0.1, 0.15) is 11.5 Å². The molecule has 0 aliphatic carbocycles. The maximum absolute atomic E-state index is 12.6. The smallest absolute Gasteiger partial charge is 0.276 e. The quantitative estimate of drug-likeness (QED) is 0.800. The van der Waals surface area contributed by atoms with Crippen molar-refractivity contribution in [1.82, 2.24) is 10.1 Å². The molecule has 2 heterocycles. The zero-order valence-corrected chi connectivity index (χ0v) is 15.0. The summed E-state index contributed by atoms with van der Waals surface area (Å²) in [5.41, 5.74) is 1.64. The Bertz CT molecular complexity index is 693. The van der Waals surface area contributed by atoms with E-state index in [1.54, 1.807) is 6.07 Å². The molecule has 0 N–H and O–H groups in total. The Hall–Kier alpha value is -2.30. The van der Waals surface area contributed by atoms with Gasteiger partial charge in [0.25, 0.3) is 5.91 Å². The van der Waals surface area contributed by atoms with Crippen LogP contribution in [0, 0.1) is 12.8 Å². The molecular formula is C20H26N2O3. The van der Waals surface area contributed by atoms with Crippen LogP contribution in [0.3, 0.4) is 0 Å². The van der Waals surface area contributed by atoms with E-state index in [0.717, 1.165) is 43.7 Å². The fraction of sp³-hybridized carbons (Fsp3) is 0.500. The number of piperidine rings is 1. The molecule has 1 amide bonds. The molecule has 1 atom stereocenters. The Morgan fingerprint density at radius 2 is 2.16 bits per heavy atom. The molecular weight excluding hydrogens is 316 g/mol. The molecule has 3 rings (SSSR count). The van der Waals surface area contributed by atoms with E-state index in [0.29, 0.717) is 24.8 Å². The van der Waals surface area contributed by atoms with E-state index >= 15 is 0 Å². The minimum atomic E-state index is -0.0360. The molecule has 134 valence electrons. The summed E-state index contributed by atoms with van der Waals surface area (Å²) >= 11 is 0. The number of hydrogen-bond acceptors (Lipinski definition) is 4. The molecule has 5 heteroatoms. The van der Waals surface area contributed by atoms with E-state index in [2.05, 4.69) is 19.0 Å². The van der Waals surface area contributed by atoms with Gasteiger partial charge in [-0.3, -0.25) is 4.79 Å². The standard InChI is InChI=1S/C20H26N2O3/c1-3-5-18-12-19(21-25-18)20(23)22-11-4-6-16(13-22)14-24-17-9-7-15(2)8-10-17/h7-10,12,16H,3-6,11,13-14H2,1-2H3. The monoisotopic (exact) mass is 342 g/mol. The highest BCUT2D eigenvalue weighted by molar-refractivity contribution is 5.92. The van der Waals surface area contributed by atoms with E-state index in [9.17, 15) is 4.79 Å². The molecule has 1 fully saturated rings. The summed E-state index contributed by atoms with van der Waals surface area (Å²) in [4.78, 5) is 14.5. The zero-order chi connectivity index (χ0) is 17.6. The third kappa shape index (κ3) is 4.62. The fourth-order valence-electron chi connectivity index (χ4n) is 3.17. The van der Waals surface area contributed by atoms with Crippen molar-refractivity contribution in [1.29, 1.82) is 0 Å². The fourth-order valence-corrected chi connectivity index (χ4v) is 3.17. The van der Waals surface area contributed by atoms with Gasteiger partial charge in [0.05, 0.1) is 6.61 Å². The number of ether oxygens (including phenoxy) is 1. The summed E-state index contributed by atoms with van der Waals surface area (Å²) in [6.07, 6.45) is 3.86. The highest BCUT2D eigenvalue weighted by Crippen LogP contribution is 2.21. The highest BCUT2D eigenvalue weighted by Gasteiger charge is 2.26. The average molecular weight is 342 g/mol. The van der Waals surface area contributed by atoms with Crippen molar-refractivity contribution >= 4 is 5.91 Å². The molecule has 5 nitrogen and oxygen atoms in total. The first-order valence-electron chi connectivity index (χ1n) is 9.10. The van der Waals surface area contributed by atoms with Gasteiger partial charge in [-0.05, 0) is 38.3 Å². The number of benzene rings is 1. The van der Waals surface area contributed by atoms with Gasteiger partial charge in [0.2, 0.25) is 0 Å². The van der Waals surface area contributed by atoms with Gasteiger partial charge in [-0.1, -0.05) is 29.8 Å². The second-order valence-corrected chi connectivity index (χ2v) is 6.81. The van der Waals surface area contributed by atoms with Crippen molar-refractivity contribution in [2.24, 2.45) is 5.92 Å². The molecule has 0 saturated carbocycles. The van der Waals surface area contributed by atoms with Gasteiger partial charge >= 0.3 is 0 Å². The number of nitrogens with zero attached hydrogens (tertiary/aromatic N) is 2. The maximum Gasteiger partial charge on any atom is 0.276 e. The topological polar surface area (TPSA) is 55.6 Å². The van der Waals surface area contributed by atoms with Crippen LogP contribution in [0.2, 0.25) is 0 Å². The van der Waals surface area contributed by atoms with Gasteiger partial charge < -0.3 is 14.2 Å². The van der Waals surface area contributed by atoms with Crippen LogP contribution in [0.5, 0.6) is 5.75 Å². The Balaban J connectivity index is 1.54. The largest absolute Gasteiger partial charge is 0.493 e. The number of likely N-dealkylation sites (tertiary alicyclic amines) is 1. The molecule has 25 heavy (non-hydrogen) atoms. The van der Waals surface area contributed by atoms with Crippen LogP contribution in [0.15, 0.2) is 34.9 Å². The summed E-state index contributed by atoms with van der Waals surface area (Å²) in [6.45, 7) is 6.25. The van der Waals surface area contributed by atoms with E-state index in [1.807, 2.05) is 29.2 Å². The number of amides is 1. The SMILES string of the molecule is CCCc1cc(C(=O)N2CCCC(COc3ccc(C)cc3)C2)no1. The molecule has 1 saturated heterocycles. The minimum absolute atomic E-state index is 0.0360. The maximum atomic E-state index is 12.6. The Morgan fingerprint density at radius 3 is 2.92 bits per heavy atom. The van der Waals surface area contributed by atoms with E-state index in [1.165, 1.54) is 5.56 Å². The van der Waals surface area contributed by atoms with Crippen LogP contribution < -0.4 is 4.74 Å². The highest BCUT2D eigenvalue weighted by atomic mass is 16.5. The lowest BCUT2D eigenvalue weighted by molar-refractivity contribution is 0.0623. The number of hydrogen-bond donors (Lipinski definition) is 0. The Labute approximate surface area is 148 Å². The molecule has 1 aliphatic heterocycles. The van der Waals surface area contributed by atoms with Crippen LogP contribution in [-0.4, -0.2) is 35.7 Å². The van der Waals surface area contributed by atoms with E-state index in [4.69, 9.17) is 9.26 Å². The normalized spacial score (nSPS) is 17.5. The first kappa shape index (κ1) is 17.5. The predicted octanol–water partition coefficient (Wildman–Crippen LogP) is 3.87. The third-order valence-corrected chi connectivity index (χ3v) is 4.59. The third-order valence-electron chi connectivity index (χ3n) is 4.59. The second-order valence-electron chi connectivity index (χ2n) is 6.81. The predicted molar refractivity (Wildman–Crippen MR) is 95.8 cm³/mol. The van der Waals surface area contributed by atoms with Crippen molar-refractivity contribution < 1.29 is 14.1 Å². The van der Waals surface area contributed by atoms with Crippen LogP contribution in [0.1, 0.15) is 48.0 Å². The average Bonchev–Trinajstić information content (AvgIpc) is 3.10. The molecule has 1 aromatic carbocycles. The second kappa shape index (κ2) is 8.19. The zero-order valence-electron chi connectivity index (χ0n) is 15.0. The molecule has 0 radical (unpaired) electrons. The lowest BCUT2D eigenvalue weighted by atomic mass is 9.98. The van der Waals surface area contributed by atoms with Gasteiger partial charge in [-0.25, -0.2) is 0 Å². The van der Waals surface area contributed by atoms with Crippen molar-refractivity contribution in [2.75, 3.05) is 19.7 Å². The van der Waals surface area contributed by atoms with Crippen LogP contribution in [0.25, 0.3) is 0 Å². The van der Waals surface area contributed by atoms with Gasteiger partial charge in [0.15, 0.2) is 5.69 Å². The van der Waals surface area contributed by atoms with Gasteiger partial charge in [-0.15, -0.1) is 0 Å². The number of aryl methyl sites for hydroxylation is 2. The van der Waals surface area contributed by atoms with E-state index in [-0.39, 0.29) is 5.91 Å². The molecule has 1 aliphatic rings. The summed E-state index contributed by atoms with van der Waals surface area (Å²) < 4.78 is 11.1. The first-order chi connectivity index (χ1) is 12.2. The van der Waals surface area contributed by atoms with Gasteiger partial charge in [0, 0.05) is 31.5 Å². The van der Waals surface area contributed by atoms with Gasteiger partial charge in [-0.2, -0.15) is 0 Å². The molecule has 0 spiro atoms. The molecule has 1 unspecified atom stereocenters. The minimum Gasteiger partial charge on any atom is -0.493 e. The molecule has 0 bridgehead atoms. The van der Waals surface area contributed by atoms with E-state index < -0.39 is 0 Å². The number of carbonyl (C=O) groups is 1. The first-order valence-corrected chi connectivity index (χ1v) is 9.10. The van der Waals surface area contributed by atoms with Crippen LogP contribution in [-0.2, 0) is 6.42 Å². The Morgan fingerprint density at radius 1 is 1.36 bits per heavy atom. The summed E-state index contributed by atoms with van der Waals surface area (Å²) in [7, 11) is 0. The summed E-state index contributed by atoms with van der Waals surface area (Å²) in [5, 5.41) is 3.94. The number of aromatic nitrogens is 1. The number of rotatable bonds is 6. The molecule has 1 aromatic heterocycles. The lowest BCUT2D eigenvalue weighted by Gasteiger charge is -2.32. The Kier molecular flexibility index (Phi) is 5.74. The van der Waals surface area contributed by atoms with Crippen molar-refractivity contribution in [3.8, 4) is 5.75 Å². The lowest BCUT2D eigenvalue weighted by Crippen LogP contribution is -2.41. The summed E-state index contributed by atoms with van der Waals surface area (Å²) in [5.74, 6) is 1.98. The van der Waals surface area contributed by atoms with Crippen molar-refractivity contribution in [2.45, 2.75) is 39.5 Å². The summed E-state index contributed by atoms with van der Waals surface area (Å²) in [6, 6.07) is 9.85.